The van der Waals surface area contributed by atoms with E-state index in [1.165, 1.54) is 19.3 Å². The quantitative estimate of drug-likeness (QED) is 0.223. The molecule has 0 aromatic carbocycles. The average Bonchev–Trinajstić information content (AvgIpc) is 3.28. The number of hydrogen-bond donors (Lipinski definition) is 2. The van der Waals surface area contributed by atoms with Gasteiger partial charge in [0.1, 0.15) is 0 Å². The molecule has 1 saturated carbocycles. The second-order valence-corrected chi connectivity index (χ2v) is 5.35. The monoisotopic (exact) mass is 413 g/mol. The Kier molecular flexibility index (Phi) is 14.8. The van der Waals surface area contributed by atoms with Gasteiger partial charge in [0.05, 0.1) is 0 Å². The number of methoxy groups -OCH3 is 1. The summed E-state index contributed by atoms with van der Waals surface area (Å²) in [5, 5.41) is 6.63. The van der Waals surface area contributed by atoms with Crippen LogP contribution in [-0.4, -0.2) is 53.0 Å². The van der Waals surface area contributed by atoms with E-state index in [0.717, 1.165) is 64.1 Å². The molecular formula is C15H32IN3O2. The van der Waals surface area contributed by atoms with Gasteiger partial charge in [0, 0.05) is 47.1 Å². The molecular weight excluding hydrogens is 381 g/mol. The normalized spacial score (nSPS) is 14.7. The first-order chi connectivity index (χ1) is 9.86. The van der Waals surface area contributed by atoms with Crippen LogP contribution >= 0.6 is 24.0 Å². The summed E-state index contributed by atoms with van der Waals surface area (Å²) >= 11 is 0. The van der Waals surface area contributed by atoms with Crippen LogP contribution < -0.4 is 10.6 Å². The minimum atomic E-state index is 0. The van der Waals surface area contributed by atoms with Crippen molar-refractivity contribution in [2.45, 2.75) is 38.5 Å². The Morgan fingerprint density at radius 1 is 1.05 bits per heavy atom. The number of nitrogens with one attached hydrogen (secondary N) is 2. The topological polar surface area (TPSA) is 54.9 Å². The third-order valence-corrected chi connectivity index (χ3v) is 3.35. The molecule has 0 saturated heterocycles. The first-order valence-electron chi connectivity index (χ1n) is 7.88. The van der Waals surface area contributed by atoms with E-state index in [0.29, 0.717) is 0 Å². The van der Waals surface area contributed by atoms with E-state index in [1.807, 2.05) is 7.05 Å². The molecule has 0 aromatic rings. The van der Waals surface area contributed by atoms with E-state index in [4.69, 9.17) is 9.47 Å². The van der Waals surface area contributed by atoms with Crippen molar-refractivity contribution >= 4 is 29.9 Å². The summed E-state index contributed by atoms with van der Waals surface area (Å²) in [6, 6.07) is 0. The van der Waals surface area contributed by atoms with Gasteiger partial charge < -0.3 is 20.1 Å². The van der Waals surface area contributed by atoms with Gasteiger partial charge in [-0.3, -0.25) is 4.99 Å². The van der Waals surface area contributed by atoms with Gasteiger partial charge in [0.2, 0.25) is 0 Å². The number of rotatable bonds is 12. The fourth-order valence-electron chi connectivity index (χ4n) is 1.89. The molecule has 0 unspecified atom stereocenters. The number of unbranched alkanes of at least 4 members (excludes halogenated alkanes) is 2. The molecule has 0 aliphatic heterocycles. The van der Waals surface area contributed by atoms with Gasteiger partial charge in [-0.05, 0) is 44.4 Å². The lowest BCUT2D eigenvalue weighted by molar-refractivity contribution is 0.123. The van der Waals surface area contributed by atoms with Crippen LogP contribution in [0.5, 0.6) is 0 Å². The van der Waals surface area contributed by atoms with Crippen LogP contribution in [0.1, 0.15) is 38.5 Å². The maximum Gasteiger partial charge on any atom is 0.190 e. The molecule has 6 heteroatoms. The lowest BCUT2D eigenvalue weighted by Gasteiger charge is -2.11. The highest BCUT2D eigenvalue weighted by Crippen LogP contribution is 2.28. The second kappa shape index (κ2) is 14.8. The second-order valence-electron chi connectivity index (χ2n) is 5.35. The van der Waals surface area contributed by atoms with Crippen molar-refractivity contribution < 1.29 is 9.47 Å². The van der Waals surface area contributed by atoms with Gasteiger partial charge in [0.15, 0.2) is 5.96 Å². The molecule has 1 fully saturated rings. The van der Waals surface area contributed by atoms with Gasteiger partial charge in [-0.1, -0.05) is 0 Å². The molecule has 0 radical (unpaired) electrons. The Balaban J connectivity index is 0.00000400. The molecule has 0 aromatic heterocycles. The minimum Gasteiger partial charge on any atom is -0.385 e. The van der Waals surface area contributed by atoms with E-state index >= 15 is 0 Å². The summed E-state index contributed by atoms with van der Waals surface area (Å²) in [4.78, 5) is 4.21. The SMILES string of the molecule is CN=C(NCCCCCOC)NCCCOCC1CC1.I. The smallest absolute Gasteiger partial charge is 0.190 e. The van der Waals surface area contributed by atoms with Crippen LogP contribution in [0.2, 0.25) is 0 Å². The first kappa shape index (κ1) is 20.9. The van der Waals surface area contributed by atoms with Crippen LogP contribution in [0, 0.1) is 5.92 Å². The molecule has 0 heterocycles. The molecule has 0 atom stereocenters. The Morgan fingerprint density at radius 2 is 1.76 bits per heavy atom. The van der Waals surface area contributed by atoms with E-state index in [-0.39, 0.29) is 24.0 Å². The molecule has 2 N–H and O–H groups in total. The van der Waals surface area contributed by atoms with Crippen LogP contribution in [0.15, 0.2) is 4.99 Å². The molecule has 126 valence electrons. The van der Waals surface area contributed by atoms with E-state index < -0.39 is 0 Å². The molecule has 5 nitrogen and oxygen atoms in total. The lowest BCUT2D eigenvalue weighted by Crippen LogP contribution is -2.38. The first-order valence-corrected chi connectivity index (χ1v) is 7.88. The molecule has 0 bridgehead atoms. The van der Waals surface area contributed by atoms with Gasteiger partial charge in [-0.15, -0.1) is 24.0 Å². The van der Waals surface area contributed by atoms with Crippen molar-refractivity contribution in [3.05, 3.63) is 0 Å². The standard InChI is InChI=1S/C15H31N3O2.HI/c1-16-15(17-9-4-3-5-11-19-2)18-10-6-12-20-13-14-7-8-14;/h14H,3-13H2,1-2H3,(H2,16,17,18);1H. The third-order valence-electron chi connectivity index (χ3n) is 3.35. The zero-order valence-electron chi connectivity index (χ0n) is 13.5. The van der Waals surface area contributed by atoms with Crippen LogP contribution in [0.25, 0.3) is 0 Å². The highest BCUT2D eigenvalue weighted by molar-refractivity contribution is 14.0. The summed E-state index contributed by atoms with van der Waals surface area (Å²) in [5.41, 5.74) is 0. The summed E-state index contributed by atoms with van der Waals surface area (Å²) in [6.07, 6.45) is 7.21. The van der Waals surface area contributed by atoms with Gasteiger partial charge >= 0.3 is 0 Å². The molecule has 21 heavy (non-hydrogen) atoms. The zero-order valence-corrected chi connectivity index (χ0v) is 15.9. The lowest BCUT2D eigenvalue weighted by atomic mass is 10.2. The van der Waals surface area contributed by atoms with E-state index in [2.05, 4.69) is 15.6 Å². The van der Waals surface area contributed by atoms with Gasteiger partial charge in [-0.2, -0.15) is 0 Å². The maximum absolute atomic E-state index is 5.60. The molecule has 0 spiro atoms. The van der Waals surface area contributed by atoms with Crippen molar-refractivity contribution in [1.29, 1.82) is 0 Å². The van der Waals surface area contributed by atoms with Crippen molar-refractivity contribution in [3.63, 3.8) is 0 Å². The van der Waals surface area contributed by atoms with Crippen LogP contribution in [0.3, 0.4) is 0 Å². The number of nitrogens with zero attached hydrogens (tertiary/aromatic N) is 1. The van der Waals surface area contributed by atoms with Crippen LogP contribution in [0.4, 0.5) is 0 Å². The van der Waals surface area contributed by atoms with Crippen molar-refractivity contribution in [3.8, 4) is 0 Å². The van der Waals surface area contributed by atoms with Crippen LogP contribution in [-0.2, 0) is 9.47 Å². The predicted octanol–water partition coefficient (Wildman–Crippen LogP) is 2.40. The summed E-state index contributed by atoms with van der Waals surface area (Å²) in [7, 11) is 3.56. The number of aliphatic imine (C=N–C) groups is 1. The fourth-order valence-corrected chi connectivity index (χ4v) is 1.89. The number of guanidine groups is 1. The largest absolute Gasteiger partial charge is 0.385 e. The van der Waals surface area contributed by atoms with E-state index in [9.17, 15) is 0 Å². The van der Waals surface area contributed by atoms with E-state index in [1.54, 1.807) is 7.11 Å². The fraction of sp³-hybridized carbons (Fsp3) is 0.933. The average molecular weight is 413 g/mol. The number of halogens is 1. The number of ether oxygens (including phenoxy) is 2. The van der Waals surface area contributed by atoms with Gasteiger partial charge in [-0.25, -0.2) is 0 Å². The molecule has 0 amide bonds. The third kappa shape index (κ3) is 13.3. The Bertz CT molecular complexity index is 261. The summed E-state index contributed by atoms with van der Waals surface area (Å²) in [6.45, 7) is 4.52. The Hall–Kier alpha value is -0.0800. The molecule has 1 rings (SSSR count). The molecule has 1 aliphatic rings. The highest BCUT2D eigenvalue weighted by Gasteiger charge is 2.20. The Morgan fingerprint density at radius 3 is 2.38 bits per heavy atom. The summed E-state index contributed by atoms with van der Waals surface area (Å²) in [5.74, 6) is 1.74. The molecule has 1 aliphatic carbocycles. The van der Waals surface area contributed by atoms with Crippen molar-refractivity contribution in [2.75, 3.05) is 47.1 Å². The zero-order chi connectivity index (χ0) is 14.5. The minimum absolute atomic E-state index is 0. The summed E-state index contributed by atoms with van der Waals surface area (Å²) < 4.78 is 10.6. The van der Waals surface area contributed by atoms with Crippen molar-refractivity contribution in [1.82, 2.24) is 10.6 Å². The number of hydrogen-bond acceptors (Lipinski definition) is 3. The maximum atomic E-state index is 5.60. The predicted molar refractivity (Wildman–Crippen MR) is 98.7 cm³/mol. The Labute approximate surface area is 146 Å². The highest BCUT2D eigenvalue weighted by atomic mass is 127. The van der Waals surface area contributed by atoms with Gasteiger partial charge in [0.25, 0.3) is 0 Å². The van der Waals surface area contributed by atoms with Crippen molar-refractivity contribution in [2.24, 2.45) is 10.9 Å².